The maximum atomic E-state index is 12.7. The predicted octanol–water partition coefficient (Wildman–Crippen LogP) is -0.116. The second kappa shape index (κ2) is 6.24. The van der Waals surface area contributed by atoms with Gasteiger partial charge < -0.3 is 16.0 Å². The maximum absolute atomic E-state index is 12.7. The summed E-state index contributed by atoms with van der Waals surface area (Å²) in [6.45, 7) is 1.99. The van der Waals surface area contributed by atoms with Crippen LogP contribution in [0.3, 0.4) is 0 Å². The summed E-state index contributed by atoms with van der Waals surface area (Å²) < 4.78 is 0. The molecule has 1 aromatic rings. The summed E-state index contributed by atoms with van der Waals surface area (Å²) >= 11 is 0. The van der Waals surface area contributed by atoms with E-state index in [1.165, 1.54) is 0 Å². The smallest absolute Gasteiger partial charge is 0.255 e. The number of amides is 3. The lowest BCUT2D eigenvalue weighted by atomic mass is 10.0. The molecule has 1 saturated heterocycles. The first kappa shape index (κ1) is 16.2. The molecule has 3 amide bonds. The molecule has 4 N–H and O–H groups in total. The van der Waals surface area contributed by atoms with Gasteiger partial charge >= 0.3 is 0 Å². The molecule has 4 rings (SSSR count). The Balaban J connectivity index is 1.47. The fraction of sp³-hybridized carbons (Fsp3) is 0.500. The summed E-state index contributed by atoms with van der Waals surface area (Å²) in [6, 6.07) is 5.45. The van der Waals surface area contributed by atoms with Crippen LogP contribution in [-0.4, -0.2) is 41.2 Å². The van der Waals surface area contributed by atoms with Crippen molar-refractivity contribution in [3.05, 3.63) is 34.9 Å². The number of hydrogen-bond donors (Lipinski definition) is 3. The highest BCUT2D eigenvalue weighted by molar-refractivity contribution is 6.05. The lowest BCUT2D eigenvalue weighted by Gasteiger charge is -2.29. The average molecular weight is 342 g/mol. The number of rotatable bonds is 5. The molecule has 1 saturated carbocycles. The molecular formula is C18H22N4O3. The van der Waals surface area contributed by atoms with Gasteiger partial charge in [0, 0.05) is 31.1 Å². The van der Waals surface area contributed by atoms with Crippen molar-refractivity contribution in [3.8, 4) is 0 Å². The van der Waals surface area contributed by atoms with E-state index in [1.807, 2.05) is 18.2 Å². The van der Waals surface area contributed by atoms with Crippen LogP contribution in [0.25, 0.3) is 0 Å². The summed E-state index contributed by atoms with van der Waals surface area (Å²) in [4.78, 5) is 37.8. The van der Waals surface area contributed by atoms with Crippen molar-refractivity contribution >= 4 is 17.7 Å². The maximum Gasteiger partial charge on any atom is 0.255 e. The first-order valence-electron chi connectivity index (χ1n) is 8.76. The summed E-state index contributed by atoms with van der Waals surface area (Å²) in [5.74, 6) is -0.220. The van der Waals surface area contributed by atoms with E-state index in [0.717, 1.165) is 24.1 Å². The normalized spacial score (nSPS) is 28.1. The molecule has 1 aliphatic carbocycles. The van der Waals surface area contributed by atoms with E-state index in [9.17, 15) is 14.4 Å². The van der Waals surface area contributed by atoms with Gasteiger partial charge in [0.1, 0.15) is 6.04 Å². The van der Waals surface area contributed by atoms with Gasteiger partial charge in [0.25, 0.3) is 5.91 Å². The molecule has 25 heavy (non-hydrogen) atoms. The SMILES string of the molecule is NC1CC1CNCc1cccc2c1CN(C1CCC(=O)NC1=O)C2=O. The zero-order chi connectivity index (χ0) is 17.6. The largest absolute Gasteiger partial charge is 0.327 e. The number of imide groups is 1. The van der Waals surface area contributed by atoms with Crippen LogP contribution in [-0.2, 0) is 22.7 Å². The number of piperidine rings is 1. The third-order valence-electron chi connectivity index (χ3n) is 5.38. The number of nitrogens with zero attached hydrogens (tertiary/aromatic N) is 1. The fourth-order valence-corrected chi connectivity index (χ4v) is 3.71. The molecule has 2 aliphatic heterocycles. The molecule has 0 spiro atoms. The van der Waals surface area contributed by atoms with E-state index >= 15 is 0 Å². The Morgan fingerprint density at radius 1 is 1.28 bits per heavy atom. The van der Waals surface area contributed by atoms with Crippen molar-refractivity contribution in [1.82, 2.24) is 15.5 Å². The minimum atomic E-state index is -0.567. The summed E-state index contributed by atoms with van der Waals surface area (Å²) in [5.41, 5.74) is 8.54. The van der Waals surface area contributed by atoms with Gasteiger partial charge in [-0.2, -0.15) is 0 Å². The number of carbonyl (C=O) groups excluding carboxylic acids is 3. The molecule has 3 unspecified atom stereocenters. The number of nitrogens with one attached hydrogen (secondary N) is 2. The van der Waals surface area contributed by atoms with Crippen LogP contribution >= 0.6 is 0 Å². The Hall–Kier alpha value is -2.25. The highest BCUT2D eigenvalue weighted by atomic mass is 16.2. The average Bonchev–Trinajstić information content (AvgIpc) is 3.18. The van der Waals surface area contributed by atoms with Gasteiger partial charge in [-0.1, -0.05) is 12.1 Å². The number of hydrogen-bond acceptors (Lipinski definition) is 5. The Morgan fingerprint density at radius 3 is 2.80 bits per heavy atom. The van der Waals surface area contributed by atoms with Crippen molar-refractivity contribution in [2.24, 2.45) is 11.7 Å². The predicted molar refractivity (Wildman–Crippen MR) is 90.3 cm³/mol. The molecule has 3 atom stereocenters. The monoisotopic (exact) mass is 342 g/mol. The highest BCUT2D eigenvalue weighted by Gasteiger charge is 2.39. The molecule has 1 aromatic carbocycles. The van der Waals surface area contributed by atoms with E-state index in [2.05, 4.69) is 10.6 Å². The van der Waals surface area contributed by atoms with Gasteiger partial charge in [-0.15, -0.1) is 0 Å². The van der Waals surface area contributed by atoms with Crippen LogP contribution in [0.5, 0.6) is 0 Å². The van der Waals surface area contributed by atoms with Crippen LogP contribution in [0.1, 0.15) is 40.7 Å². The molecule has 2 heterocycles. The Kier molecular flexibility index (Phi) is 4.05. The van der Waals surface area contributed by atoms with Gasteiger partial charge in [0.15, 0.2) is 0 Å². The molecule has 3 aliphatic rings. The Labute approximate surface area is 145 Å². The van der Waals surface area contributed by atoms with Crippen molar-refractivity contribution in [2.75, 3.05) is 6.54 Å². The zero-order valence-corrected chi connectivity index (χ0v) is 14.0. The van der Waals surface area contributed by atoms with E-state index in [-0.39, 0.29) is 24.1 Å². The van der Waals surface area contributed by atoms with E-state index in [0.29, 0.717) is 37.0 Å². The molecular weight excluding hydrogens is 320 g/mol. The minimum Gasteiger partial charge on any atom is -0.327 e. The highest BCUT2D eigenvalue weighted by Crippen LogP contribution is 2.30. The standard InChI is InChI=1S/C18H22N4O3/c19-14-6-11(14)8-20-7-10-2-1-3-12-13(10)9-22(18(12)25)15-4-5-16(23)21-17(15)24/h1-3,11,14-15,20H,4-9,19H2,(H,21,23,24). The zero-order valence-electron chi connectivity index (χ0n) is 14.0. The summed E-state index contributed by atoms with van der Waals surface area (Å²) in [7, 11) is 0. The lowest BCUT2D eigenvalue weighted by molar-refractivity contribution is -0.136. The van der Waals surface area contributed by atoms with Crippen molar-refractivity contribution < 1.29 is 14.4 Å². The second-order valence-corrected chi connectivity index (χ2v) is 7.13. The fourth-order valence-electron chi connectivity index (χ4n) is 3.71. The van der Waals surface area contributed by atoms with Gasteiger partial charge in [-0.05, 0) is 42.5 Å². The Morgan fingerprint density at radius 2 is 2.08 bits per heavy atom. The summed E-state index contributed by atoms with van der Waals surface area (Å²) in [5, 5.41) is 5.74. The first-order chi connectivity index (χ1) is 12.0. The molecule has 0 aromatic heterocycles. The van der Waals surface area contributed by atoms with Crippen LogP contribution in [0.4, 0.5) is 0 Å². The lowest BCUT2D eigenvalue weighted by Crippen LogP contribution is -2.52. The molecule has 132 valence electrons. The van der Waals surface area contributed by atoms with E-state index in [1.54, 1.807) is 4.90 Å². The van der Waals surface area contributed by atoms with E-state index < -0.39 is 6.04 Å². The van der Waals surface area contributed by atoms with Crippen LogP contribution < -0.4 is 16.4 Å². The quantitative estimate of drug-likeness (QED) is 0.648. The number of carbonyl (C=O) groups is 3. The van der Waals surface area contributed by atoms with Crippen molar-refractivity contribution in [1.29, 1.82) is 0 Å². The minimum absolute atomic E-state index is 0.129. The van der Waals surface area contributed by atoms with Crippen LogP contribution in [0, 0.1) is 5.92 Å². The van der Waals surface area contributed by atoms with Gasteiger partial charge in [-0.3, -0.25) is 19.7 Å². The molecule has 2 fully saturated rings. The van der Waals surface area contributed by atoms with Gasteiger partial charge in [-0.25, -0.2) is 0 Å². The number of nitrogens with two attached hydrogens (primary N) is 1. The Bertz CT molecular complexity index is 748. The van der Waals surface area contributed by atoms with Crippen LogP contribution in [0.15, 0.2) is 18.2 Å². The molecule has 7 nitrogen and oxygen atoms in total. The number of benzene rings is 1. The van der Waals surface area contributed by atoms with Crippen molar-refractivity contribution in [2.45, 2.75) is 44.4 Å². The summed E-state index contributed by atoms with van der Waals surface area (Å²) in [6.07, 6.45) is 1.73. The van der Waals surface area contributed by atoms with Crippen molar-refractivity contribution in [3.63, 3.8) is 0 Å². The van der Waals surface area contributed by atoms with Gasteiger partial charge in [0.05, 0.1) is 0 Å². The third kappa shape index (κ3) is 3.05. The van der Waals surface area contributed by atoms with E-state index in [4.69, 9.17) is 5.73 Å². The first-order valence-corrected chi connectivity index (χ1v) is 8.76. The number of fused-ring (bicyclic) bond motifs is 1. The molecule has 7 heteroatoms. The molecule has 0 bridgehead atoms. The van der Waals surface area contributed by atoms with Gasteiger partial charge in [0.2, 0.25) is 11.8 Å². The van der Waals surface area contributed by atoms with Crippen LogP contribution in [0.2, 0.25) is 0 Å². The third-order valence-corrected chi connectivity index (χ3v) is 5.38. The topological polar surface area (TPSA) is 105 Å². The second-order valence-electron chi connectivity index (χ2n) is 7.13. The molecule has 0 radical (unpaired) electrons.